The molecule has 0 atom stereocenters. The van der Waals surface area contributed by atoms with Gasteiger partial charge in [-0.2, -0.15) is 0 Å². The number of hydrogen-bond donors (Lipinski definition) is 0. The Bertz CT molecular complexity index is 929. The predicted octanol–water partition coefficient (Wildman–Crippen LogP) is 3.18. The van der Waals surface area contributed by atoms with Crippen LogP contribution in [-0.4, -0.2) is 45.5 Å². The lowest BCUT2D eigenvalue weighted by Crippen LogP contribution is -2.27. The van der Waals surface area contributed by atoms with Gasteiger partial charge in [0, 0.05) is 54.6 Å². The molecule has 0 spiro atoms. The van der Waals surface area contributed by atoms with Crippen molar-refractivity contribution in [1.29, 1.82) is 0 Å². The van der Waals surface area contributed by atoms with Crippen molar-refractivity contribution in [2.45, 2.75) is 12.8 Å². The summed E-state index contributed by atoms with van der Waals surface area (Å²) >= 11 is 0. The topological polar surface area (TPSA) is 60.3 Å². The van der Waals surface area contributed by atoms with Crippen LogP contribution in [0.1, 0.15) is 23.2 Å². The minimum absolute atomic E-state index is 0.0941. The molecular weight excluding hydrogens is 328 g/mol. The minimum atomic E-state index is 0.0941. The molecular formula is C20H20N4O2. The van der Waals surface area contributed by atoms with Crippen LogP contribution in [0.4, 0.5) is 0 Å². The van der Waals surface area contributed by atoms with Gasteiger partial charge in [0.1, 0.15) is 5.82 Å². The Morgan fingerprint density at radius 3 is 2.73 bits per heavy atom. The highest BCUT2D eigenvalue weighted by molar-refractivity contribution is 5.95. The summed E-state index contributed by atoms with van der Waals surface area (Å²) < 4.78 is 7.18. The monoisotopic (exact) mass is 348 g/mol. The van der Waals surface area contributed by atoms with Crippen LogP contribution in [0.2, 0.25) is 0 Å². The summed E-state index contributed by atoms with van der Waals surface area (Å²) in [7, 11) is 1.59. The summed E-state index contributed by atoms with van der Waals surface area (Å²) in [6.45, 7) is 1.69. The Hall–Kier alpha value is -3.15. The molecule has 3 heterocycles. The van der Waals surface area contributed by atoms with Crippen molar-refractivity contribution in [3.05, 3.63) is 60.6 Å². The molecule has 0 unspecified atom stereocenters. The number of aromatic nitrogens is 3. The van der Waals surface area contributed by atoms with E-state index in [-0.39, 0.29) is 5.91 Å². The molecule has 0 saturated carbocycles. The van der Waals surface area contributed by atoms with E-state index in [1.165, 1.54) is 0 Å². The van der Waals surface area contributed by atoms with Crippen molar-refractivity contribution >= 4 is 5.91 Å². The Kier molecular flexibility index (Phi) is 4.39. The smallest absolute Gasteiger partial charge is 0.253 e. The van der Waals surface area contributed by atoms with E-state index in [4.69, 9.17) is 4.74 Å². The molecule has 1 saturated heterocycles. The van der Waals surface area contributed by atoms with Gasteiger partial charge in [0.15, 0.2) is 0 Å². The van der Waals surface area contributed by atoms with Gasteiger partial charge in [-0.1, -0.05) is 6.07 Å². The average Bonchev–Trinajstić information content (AvgIpc) is 3.39. The number of benzene rings is 1. The van der Waals surface area contributed by atoms with Gasteiger partial charge in [0.05, 0.1) is 7.11 Å². The molecule has 0 bridgehead atoms. The van der Waals surface area contributed by atoms with Gasteiger partial charge >= 0.3 is 0 Å². The average molecular weight is 348 g/mol. The molecule has 1 aliphatic rings. The molecule has 132 valence electrons. The molecule has 26 heavy (non-hydrogen) atoms. The van der Waals surface area contributed by atoms with Gasteiger partial charge in [-0.3, -0.25) is 9.36 Å². The van der Waals surface area contributed by atoms with Crippen LogP contribution in [0.25, 0.3) is 17.1 Å². The van der Waals surface area contributed by atoms with Crippen molar-refractivity contribution in [2.24, 2.45) is 0 Å². The van der Waals surface area contributed by atoms with Crippen LogP contribution in [0.15, 0.2) is 55.0 Å². The number of methoxy groups -OCH3 is 1. The Labute approximate surface area is 152 Å². The Morgan fingerprint density at radius 1 is 1.08 bits per heavy atom. The second kappa shape index (κ2) is 7.00. The number of amides is 1. The number of ether oxygens (including phenoxy) is 1. The third-order valence-electron chi connectivity index (χ3n) is 4.61. The molecule has 2 aromatic heterocycles. The summed E-state index contributed by atoms with van der Waals surface area (Å²) in [6, 6.07) is 11.4. The zero-order chi connectivity index (χ0) is 17.9. The van der Waals surface area contributed by atoms with Gasteiger partial charge in [-0.15, -0.1) is 0 Å². The third-order valence-corrected chi connectivity index (χ3v) is 4.61. The van der Waals surface area contributed by atoms with Gasteiger partial charge in [-0.05, 0) is 37.1 Å². The van der Waals surface area contributed by atoms with Crippen molar-refractivity contribution < 1.29 is 9.53 Å². The summed E-state index contributed by atoms with van der Waals surface area (Å²) in [4.78, 5) is 23.2. The molecule has 1 aromatic carbocycles. The normalized spacial score (nSPS) is 13.8. The maximum atomic E-state index is 12.7. The van der Waals surface area contributed by atoms with E-state index in [0.717, 1.165) is 43.0 Å². The van der Waals surface area contributed by atoms with E-state index >= 15 is 0 Å². The van der Waals surface area contributed by atoms with Gasteiger partial charge in [0.2, 0.25) is 5.88 Å². The van der Waals surface area contributed by atoms with Crippen LogP contribution in [0, 0.1) is 0 Å². The van der Waals surface area contributed by atoms with Crippen molar-refractivity contribution in [3.63, 3.8) is 0 Å². The number of likely N-dealkylation sites (tertiary alicyclic amines) is 1. The number of hydrogen-bond acceptors (Lipinski definition) is 4. The molecule has 0 radical (unpaired) electrons. The summed E-state index contributed by atoms with van der Waals surface area (Å²) in [5, 5.41) is 0. The van der Waals surface area contributed by atoms with E-state index < -0.39 is 0 Å². The lowest BCUT2D eigenvalue weighted by molar-refractivity contribution is 0.0793. The molecule has 1 aliphatic heterocycles. The molecule has 0 N–H and O–H groups in total. The van der Waals surface area contributed by atoms with Gasteiger partial charge < -0.3 is 9.64 Å². The summed E-state index contributed by atoms with van der Waals surface area (Å²) in [6.07, 6.45) is 7.50. The molecule has 1 fully saturated rings. The van der Waals surface area contributed by atoms with E-state index in [1.54, 1.807) is 19.5 Å². The molecule has 3 aromatic rings. The van der Waals surface area contributed by atoms with E-state index in [0.29, 0.717) is 11.4 Å². The largest absolute Gasteiger partial charge is 0.481 e. The maximum absolute atomic E-state index is 12.7. The third kappa shape index (κ3) is 3.06. The van der Waals surface area contributed by atoms with E-state index in [2.05, 4.69) is 9.97 Å². The highest BCUT2D eigenvalue weighted by atomic mass is 16.5. The first-order chi connectivity index (χ1) is 12.8. The fourth-order valence-corrected chi connectivity index (χ4v) is 3.28. The maximum Gasteiger partial charge on any atom is 0.253 e. The van der Waals surface area contributed by atoms with Crippen LogP contribution >= 0.6 is 0 Å². The first kappa shape index (κ1) is 16.3. The van der Waals surface area contributed by atoms with Crippen LogP contribution in [-0.2, 0) is 0 Å². The fourth-order valence-electron chi connectivity index (χ4n) is 3.28. The molecule has 0 aliphatic carbocycles. The lowest BCUT2D eigenvalue weighted by atomic mass is 10.1. The quantitative estimate of drug-likeness (QED) is 0.726. The predicted molar refractivity (Wildman–Crippen MR) is 98.5 cm³/mol. The number of rotatable bonds is 4. The molecule has 1 amide bonds. The first-order valence-electron chi connectivity index (χ1n) is 8.70. The highest BCUT2D eigenvalue weighted by Crippen LogP contribution is 2.24. The Morgan fingerprint density at radius 2 is 1.92 bits per heavy atom. The molecule has 6 heteroatoms. The zero-order valence-electron chi connectivity index (χ0n) is 14.6. The lowest BCUT2D eigenvalue weighted by Gasteiger charge is -2.16. The summed E-state index contributed by atoms with van der Waals surface area (Å²) in [5.41, 5.74) is 2.51. The molecule has 6 nitrogen and oxygen atoms in total. The van der Waals surface area contributed by atoms with Crippen LogP contribution in [0.3, 0.4) is 0 Å². The SMILES string of the molecule is COc1cc(-c2nccn2-c2cccc(C(=O)N3CCCC3)c2)ccn1. The van der Waals surface area contributed by atoms with Gasteiger partial charge in [-0.25, -0.2) is 9.97 Å². The Balaban J connectivity index is 1.70. The standard InChI is InChI=1S/C20H20N4O2/c1-26-18-14-15(7-8-21-18)19-22-9-12-24(19)17-6-4-5-16(13-17)20(25)23-10-2-3-11-23/h4-9,12-14H,2-3,10-11H2,1H3. The van der Waals surface area contributed by atoms with Crippen molar-refractivity contribution in [2.75, 3.05) is 20.2 Å². The number of pyridine rings is 1. The first-order valence-corrected chi connectivity index (χ1v) is 8.70. The van der Waals surface area contributed by atoms with Crippen molar-refractivity contribution in [1.82, 2.24) is 19.4 Å². The minimum Gasteiger partial charge on any atom is -0.481 e. The van der Waals surface area contributed by atoms with Gasteiger partial charge in [0.25, 0.3) is 5.91 Å². The van der Waals surface area contributed by atoms with Crippen molar-refractivity contribution in [3.8, 4) is 23.0 Å². The number of nitrogens with zero attached hydrogens (tertiary/aromatic N) is 4. The number of imidazole rings is 1. The zero-order valence-corrected chi connectivity index (χ0v) is 14.6. The van der Waals surface area contributed by atoms with E-state index in [9.17, 15) is 4.79 Å². The van der Waals surface area contributed by atoms with Crippen LogP contribution < -0.4 is 4.74 Å². The summed E-state index contributed by atoms with van der Waals surface area (Å²) in [5.74, 6) is 1.41. The second-order valence-corrected chi connectivity index (χ2v) is 6.26. The molecule has 4 rings (SSSR count). The number of carbonyl (C=O) groups is 1. The van der Waals surface area contributed by atoms with Crippen LogP contribution in [0.5, 0.6) is 5.88 Å². The second-order valence-electron chi connectivity index (χ2n) is 6.26. The highest BCUT2D eigenvalue weighted by Gasteiger charge is 2.20. The number of carbonyl (C=O) groups excluding carboxylic acids is 1. The fraction of sp³-hybridized carbons (Fsp3) is 0.250. The van der Waals surface area contributed by atoms with E-state index in [1.807, 2.05) is 52.1 Å².